The van der Waals surface area contributed by atoms with Crippen LogP contribution in [-0.2, 0) is 0 Å². The molecular weight excluding hydrogens is 412 g/mol. The van der Waals surface area contributed by atoms with E-state index in [4.69, 9.17) is 16.0 Å². The van der Waals surface area contributed by atoms with Crippen LogP contribution in [-0.4, -0.2) is 30.5 Å². The van der Waals surface area contributed by atoms with Gasteiger partial charge in [0.15, 0.2) is 0 Å². The molecule has 4 nitrogen and oxygen atoms in total. The van der Waals surface area contributed by atoms with Crippen molar-refractivity contribution in [3.05, 3.63) is 44.8 Å². The van der Waals surface area contributed by atoms with Crippen LogP contribution in [0.1, 0.15) is 21.9 Å². The van der Waals surface area contributed by atoms with Crippen molar-refractivity contribution in [2.45, 2.75) is 13.8 Å². The van der Waals surface area contributed by atoms with Crippen molar-refractivity contribution in [1.82, 2.24) is 0 Å². The smallest absolute Gasteiger partial charge is 0.260 e. The highest BCUT2D eigenvalue weighted by Gasteiger charge is 2.20. The molecule has 7 heteroatoms. The molecule has 1 aliphatic heterocycles. The quantitative estimate of drug-likeness (QED) is 0.736. The van der Waals surface area contributed by atoms with Gasteiger partial charge in [-0.05, 0) is 48.0 Å². The van der Waals surface area contributed by atoms with Crippen LogP contribution in [0.3, 0.4) is 0 Å². The molecule has 2 heterocycles. The Balaban J connectivity index is 1.78. The predicted molar refractivity (Wildman–Crippen MR) is 105 cm³/mol. The van der Waals surface area contributed by atoms with Crippen LogP contribution in [0.4, 0.5) is 11.4 Å². The average molecular weight is 430 g/mol. The summed E-state index contributed by atoms with van der Waals surface area (Å²) in [5.74, 6) is 3.29. The number of carbonyl (C=O) groups excluding carboxylic acids is 1. The summed E-state index contributed by atoms with van der Waals surface area (Å²) in [7, 11) is 0. The van der Waals surface area contributed by atoms with Gasteiger partial charge in [-0.3, -0.25) is 4.79 Å². The van der Waals surface area contributed by atoms with Crippen LogP contribution in [0.25, 0.3) is 0 Å². The van der Waals surface area contributed by atoms with Gasteiger partial charge in [0.05, 0.1) is 20.7 Å². The van der Waals surface area contributed by atoms with Crippen molar-refractivity contribution in [3.8, 4) is 0 Å². The first kappa shape index (κ1) is 17.7. The van der Waals surface area contributed by atoms with E-state index in [1.807, 2.05) is 30.8 Å². The zero-order valence-electron chi connectivity index (χ0n) is 13.5. The Bertz CT molecular complexity index is 772. The minimum atomic E-state index is -0.214. The molecule has 0 radical (unpaired) electrons. The number of rotatable bonds is 3. The fourth-order valence-corrected chi connectivity index (χ4v) is 4.50. The van der Waals surface area contributed by atoms with Gasteiger partial charge in [-0.2, -0.15) is 11.8 Å². The second-order valence-corrected chi connectivity index (χ2v) is 8.05. The summed E-state index contributed by atoms with van der Waals surface area (Å²) in [5, 5.41) is 3.54. The van der Waals surface area contributed by atoms with Gasteiger partial charge in [0.2, 0.25) is 0 Å². The SMILES string of the molecule is Cc1oc(C)c(C(=O)Nc2ccc(N3CCSCC3)c(Cl)c2)c1Br. The van der Waals surface area contributed by atoms with E-state index in [-0.39, 0.29) is 5.91 Å². The highest BCUT2D eigenvalue weighted by molar-refractivity contribution is 9.10. The van der Waals surface area contributed by atoms with Gasteiger partial charge in [-0.15, -0.1) is 0 Å². The monoisotopic (exact) mass is 428 g/mol. The number of nitrogens with zero attached hydrogens (tertiary/aromatic N) is 1. The maximum Gasteiger partial charge on any atom is 0.260 e. The Morgan fingerprint density at radius 2 is 2.00 bits per heavy atom. The number of aryl methyl sites for hydroxylation is 2. The first-order chi connectivity index (χ1) is 11.5. The molecule has 1 aliphatic rings. The molecule has 2 aromatic rings. The Labute approximate surface area is 159 Å². The van der Waals surface area contributed by atoms with Gasteiger partial charge in [0.25, 0.3) is 5.91 Å². The van der Waals surface area contributed by atoms with Crippen LogP contribution in [0, 0.1) is 13.8 Å². The molecule has 0 bridgehead atoms. The minimum absolute atomic E-state index is 0.214. The molecule has 3 rings (SSSR count). The fraction of sp³-hybridized carbons (Fsp3) is 0.353. The van der Waals surface area contributed by atoms with Crippen LogP contribution < -0.4 is 10.2 Å². The molecule has 1 aromatic heterocycles. The van der Waals surface area contributed by atoms with E-state index in [1.54, 1.807) is 13.0 Å². The molecule has 128 valence electrons. The van der Waals surface area contributed by atoms with E-state index >= 15 is 0 Å². The lowest BCUT2D eigenvalue weighted by atomic mass is 10.2. The summed E-state index contributed by atoms with van der Waals surface area (Å²) < 4.78 is 6.17. The van der Waals surface area contributed by atoms with Gasteiger partial charge in [-0.25, -0.2) is 0 Å². The van der Waals surface area contributed by atoms with Gasteiger partial charge >= 0.3 is 0 Å². The molecule has 0 saturated carbocycles. The molecular formula is C17H18BrClN2O2S. The summed E-state index contributed by atoms with van der Waals surface area (Å²) in [6.07, 6.45) is 0. The number of hydrogen-bond donors (Lipinski definition) is 1. The summed E-state index contributed by atoms with van der Waals surface area (Å²) in [4.78, 5) is 14.8. The Morgan fingerprint density at radius 1 is 1.29 bits per heavy atom. The third-order valence-corrected chi connectivity index (χ3v) is 6.17. The lowest BCUT2D eigenvalue weighted by molar-refractivity contribution is 0.102. The zero-order valence-corrected chi connectivity index (χ0v) is 16.6. The number of halogens is 2. The highest BCUT2D eigenvalue weighted by atomic mass is 79.9. The third kappa shape index (κ3) is 3.60. The second kappa shape index (κ2) is 7.42. The molecule has 1 amide bonds. The van der Waals surface area contributed by atoms with Crippen molar-refractivity contribution in [3.63, 3.8) is 0 Å². The molecule has 1 fully saturated rings. The van der Waals surface area contributed by atoms with E-state index in [1.165, 1.54) is 0 Å². The van der Waals surface area contributed by atoms with Crippen molar-refractivity contribution >= 4 is 56.6 Å². The van der Waals surface area contributed by atoms with Crippen LogP contribution >= 0.6 is 39.3 Å². The second-order valence-electron chi connectivity index (χ2n) is 5.62. The van der Waals surface area contributed by atoms with E-state index in [2.05, 4.69) is 26.1 Å². The van der Waals surface area contributed by atoms with Gasteiger partial charge in [0, 0.05) is 30.3 Å². The largest absolute Gasteiger partial charge is 0.465 e. The van der Waals surface area contributed by atoms with Gasteiger partial charge in [-0.1, -0.05) is 11.6 Å². The van der Waals surface area contributed by atoms with Crippen molar-refractivity contribution in [1.29, 1.82) is 0 Å². The number of carbonyl (C=O) groups is 1. The standard InChI is InChI=1S/C17H18BrClN2O2S/c1-10-15(16(18)11(2)23-10)17(22)20-12-3-4-14(13(19)9-12)21-5-7-24-8-6-21/h3-4,9H,5-8H2,1-2H3,(H,20,22). The number of hydrogen-bond acceptors (Lipinski definition) is 4. The molecule has 24 heavy (non-hydrogen) atoms. The lowest BCUT2D eigenvalue weighted by Gasteiger charge is -2.29. The van der Waals surface area contributed by atoms with E-state index in [9.17, 15) is 4.79 Å². The number of furan rings is 1. The summed E-state index contributed by atoms with van der Waals surface area (Å²) in [5.41, 5.74) is 2.21. The fourth-order valence-electron chi connectivity index (χ4n) is 2.75. The van der Waals surface area contributed by atoms with Gasteiger partial charge < -0.3 is 14.6 Å². The highest BCUT2D eigenvalue weighted by Crippen LogP contribution is 2.32. The first-order valence-electron chi connectivity index (χ1n) is 7.66. The molecule has 0 aliphatic carbocycles. The number of anilines is 2. The minimum Gasteiger partial charge on any atom is -0.465 e. The normalized spacial score (nSPS) is 14.8. The lowest BCUT2D eigenvalue weighted by Crippen LogP contribution is -2.32. The molecule has 0 spiro atoms. The third-order valence-electron chi connectivity index (χ3n) is 3.97. The maximum absolute atomic E-state index is 12.5. The van der Waals surface area contributed by atoms with Crippen LogP contribution in [0.2, 0.25) is 5.02 Å². The maximum atomic E-state index is 12.5. The molecule has 1 N–H and O–H groups in total. The predicted octanol–water partition coefficient (Wildman–Crippen LogP) is 5.12. The van der Waals surface area contributed by atoms with E-state index < -0.39 is 0 Å². The number of thioether (sulfide) groups is 1. The van der Waals surface area contributed by atoms with E-state index in [0.717, 1.165) is 30.3 Å². The van der Waals surface area contributed by atoms with Crippen LogP contribution in [0.15, 0.2) is 27.1 Å². The van der Waals surface area contributed by atoms with Crippen LogP contribution in [0.5, 0.6) is 0 Å². The molecule has 1 aromatic carbocycles. The average Bonchev–Trinajstić information content (AvgIpc) is 2.81. The van der Waals surface area contributed by atoms with Gasteiger partial charge in [0.1, 0.15) is 11.5 Å². The summed E-state index contributed by atoms with van der Waals surface area (Å²) in [6.45, 7) is 5.58. The van der Waals surface area contributed by atoms with Crippen molar-refractivity contribution < 1.29 is 9.21 Å². The number of benzene rings is 1. The zero-order chi connectivity index (χ0) is 17.3. The first-order valence-corrected chi connectivity index (χ1v) is 9.99. The number of amides is 1. The Kier molecular flexibility index (Phi) is 5.47. The number of nitrogens with one attached hydrogen (secondary N) is 1. The summed E-state index contributed by atoms with van der Waals surface area (Å²) >= 11 is 11.8. The van der Waals surface area contributed by atoms with Crippen molar-refractivity contribution in [2.75, 3.05) is 34.8 Å². The Morgan fingerprint density at radius 3 is 2.58 bits per heavy atom. The van der Waals surface area contributed by atoms with Crippen molar-refractivity contribution in [2.24, 2.45) is 0 Å². The molecule has 0 atom stereocenters. The molecule has 0 unspecified atom stereocenters. The van der Waals surface area contributed by atoms with E-state index in [0.29, 0.717) is 32.3 Å². The topological polar surface area (TPSA) is 45.5 Å². The molecule has 1 saturated heterocycles. The Hall–Kier alpha value is -1.11. The summed E-state index contributed by atoms with van der Waals surface area (Å²) in [6, 6.07) is 5.65.